The molecule has 0 saturated carbocycles. The van der Waals surface area contributed by atoms with Gasteiger partial charge in [-0.2, -0.15) is 0 Å². The molecule has 3 amide bonds. The molecule has 0 saturated heterocycles. The molecule has 0 fully saturated rings. The fourth-order valence-corrected chi connectivity index (χ4v) is 5.00. The summed E-state index contributed by atoms with van der Waals surface area (Å²) in [5, 5.41) is 0.681. The van der Waals surface area contributed by atoms with Crippen molar-refractivity contribution in [2.75, 3.05) is 51.1 Å². The van der Waals surface area contributed by atoms with Crippen LogP contribution in [0.15, 0.2) is 18.3 Å². The quantitative estimate of drug-likeness (QED) is 0.745. The molecule has 0 aromatic carbocycles. The van der Waals surface area contributed by atoms with Crippen LogP contribution < -0.4 is 9.80 Å². The summed E-state index contributed by atoms with van der Waals surface area (Å²) in [4.78, 5) is 50.1. The van der Waals surface area contributed by atoms with Gasteiger partial charge in [-0.05, 0) is 24.1 Å². The first-order valence-corrected chi connectivity index (χ1v) is 10.2. The Morgan fingerprint density at radius 3 is 2.59 bits per heavy atom. The number of hydrogen-bond acceptors (Lipinski definition) is 6. The zero-order valence-electron chi connectivity index (χ0n) is 16.9. The van der Waals surface area contributed by atoms with E-state index >= 15 is 0 Å². The highest BCUT2D eigenvalue weighted by atomic mass is 32.1. The Morgan fingerprint density at radius 1 is 1.17 bits per heavy atom. The van der Waals surface area contributed by atoms with Gasteiger partial charge in [-0.3, -0.25) is 14.4 Å². The number of hydrogen-bond donors (Lipinski definition) is 0. The maximum Gasteiger partial charge on any atom is 0.257 e. The number of aromatic nitrogens is 1. The molecular formula is C20H23N5O3S. The summed E-state index contributed by atoms with van der Waals surface area (Å²) in [6.07, 6.45) is 2.19. The molecule has 29 heavy (non-hydrogen) atoms. The number of pyridine rings is 1. The van der Waals surface area contributed by atoms with Gasteiger partial charge in [0.05, 0.1) is 17.7 Å². The Labute approximate surface area is 173 Å². The van der Waals surface area contributed by atoms with Crippen molar-refractivity contribution in [3.05, 3.63) is 39.9 Å². The van der Waals surface area contributed by atoms with Crippen molar-refractivity contribution < 1.29 is 14.4 Å². The molecule has 0 aliphatic carbocycles. The van der Waals surface area contributed by atoms with E-state index in [0.29, 0.717) is 35.6 Å². The van der Waals surface area contributed by atoms with Crippen molar-refractivity contribution in [1.29, 1.82) is 0 Å². The van der Waals surface area contributed by atoms with Crippen LogP contribution in [0.5, 0.6) is 0 Å². The predicted molar refractivity (Wildman–Crippen MR) is 112 cm³/mol. The number of rotatable bonds is 2. The van der Waals surface area contributed by atoms with Gasteiger partial charge in [0, 0.05) is 45.8 Å². The average Bonchev–Trinajstić information content (AvgIpc) is 3.07. The minimum atomic E-state index is -0.126. The molecule has 4 heterocycles. The van der Waals surface area contributed by atoms with Crippen molar-refractivity contribution in [1.82, 2.24) is 14.8 Å². The molecule has 0 bridgehead atoms. The molecular weight excluding hydrogens is 390 g/mol. The molecule has 2 aliphatic heterocycles. The zero-order valence-corrected chi connectivity index (χ0v) is 17.7. The van der Waals surface area contributed by atoms with Crippen molar-refractivity contribution in [3.8, 4) is 0 Å². The van der Waals surface area contributed by atoms with Crippen LogP contribution in [-0.2, 0) is 17.8 Å². The molecule has 9 heteroatoms. The van der Waals surface area contributed by atoms with Crippen LogP contribution in [0.4, 0.5) is 10.8 Å². The lowest BCUT2D eigenvalue weighted by Gasteiger charge is -2.27. The van der Waals surface area contributed by atoms with Gasteiger partial charge in [0.25, 0.3) is 11.8 Å². The van der Waals surface area contributed by atoms with E-state index in [-0.39, 0.29) is 24.3 Å². The Morgan fingerprint density at radius 2 is 1.93 bits per heavy atom. The summed E-state index contributed by atoms with van der Waals surface area (Å²) in [6.45, 7) is 1.03. The Bertz CT molecular complexity index is 998. The number of anilines is 2. The van der Waals surface area contributed by atoms with Crippen molar-refractivity contribution in [2.45, 2.75) is 13.0 Å². The van der Waals surface area contributed by atoms with Gasteiger partial charge in [0.1, 0.15) is 17.4 Å². The minimum absolute atomic E-state index is 0.0755. The maximum atomic E-state index is 13.0. The standard InChI is InChI=1S/C20H23N5O3S/c1-22(2)15-6-5-12(9-21-15)18(27)25-8-7-13-14(10-25)29-20-17(13)19(28)23(3)11-16(26)24(20)4/h5-6,9H,7-8,10-11H2,1-4H3. The van der Waals surface area contributed by atoms with Crippen molar-refractivity contribution in [3.63, 3.8) is 0 Å². The molecule has 0 atom stereocenters. The van der Waals surface area contributed by atoms with E-state index in [4.69, 9.17) is 0 Å². The predicted octanol–water partition coefficient (Wildman–Crippen LogP) is 1.46. The molecule has 0 N–H and O–H groups in total. The fraction of sp³-hybridized carbons (Fsp3) is 0.400. The Kier molecular flexibility index (Phi) is 4.77. The molecule has 152 valence electrons. The van der Waals surface area contributed by atoms with Crippen LogP contribution in [-0.4, -0.2) is 73.8 Å². The van der Waals surface area contributed by atoms with Crippen LogP contribution in [0, 0.1) is 0 Å². The second-order valence-electron chi connectivity index (χ2n) is 7.57. The highest BCUT2D eigenvalue weighted by Gasteiger charge is 2.36. The van der Waals surface area contributed by atoms with Crippen LogP contribution in [0.3, 0.4) is 0 Å². The summed E-state index contributed by atoms with van der Waals surface area (Å²) >= 11 is 1.43. The number of fused-ring (bicyclic) bond motifs is 3. The first-order valence-electron chi connectivity index (χ1n) is 9.37. The van der Waals surface area contributed by atoms with E-state index in [1.54, 1.807) is 36.2 Å². The lowest BCUT2D eigenvalue weighted by atomic mass is 10.0. The van der Waals surface area contributed by atoms with Gasteiger partial charge in [-0.15, -0.1) is 11.3 Å². The molecule has 0 radical (unpaired) electrons. The summed E-state index contributed by atoms with van der Waals surface area (Å²) in [5.74, 6) is 0.473. The number of carbonyl (C=O) groups is 3. The summed E-state index contributed by atoms with van der Waals surface area (Å²) in [7, 11) is 7.15. The number of carbonyl (C=O) groups excluding carboxylic acids is 3. The van der Waals surface area contributed by atoms with Crippen molar-refractivity contribution in [2.24, 2.45) is 0 Å². The van der Waals surface area contributed by atoms with Crippen LogP contribution in [0.1, 0.15) is 31.2 Å². The van der Waals surface area contributed by atoms with E-state index < -0.39 is 0 Å². The molecule has 2 aromatic rings. The van der Waals surface area contributed by atoms with Crippen molar-refractivity contribution >= 4 is 39.9 Å². The van der Waals surface area contributed by atoms with E-state index in [2.05, 4.69) is 4.98 Å². The average molecular weight is 414 g/mol. The third-order valence-corrected chi connectivity index (χ3v) is 6.68. The number of thiophene rings is 1. The smallest absolute Gasteiger partial charge is 0.257 e. The Hall–Kier alpha value is -2.94. The SMILES string of the molecule is CN1CC(=O)N(C)c2sc3c(c2C1=O)CCN(C(=O)c1ccc(N(C)C)nc1)C3. The van der Waals surface area contributed by atoms with Crippen LogP contribution in [0.2, 0.25) is 0 Å². The van der Waals surface area contributed by atoms with Gasteiger partial charge >= 0.3 is 0 Å². The van der Waals surface area contributed by atoms with E-state index in [0.717, 1.165) is 16.3 Å². The molecule has 0 unspecified atom stereocenters. The zero-order chi connectivity index (χ0) is 20.9. The topological polar surface area (TPSA) is 77.1 Å². The second-order valence-corrected chi connectivity index (χ2v) is 8.66. The number of amides is 3. The third-order valence-electron chi connectivity index (χ3n) is 5.39. The first-order chi connectivity index (χ1) is 13.8. The molecule has 0 spiro atoms. The highest BCUT2D eigenvalue weighted by Crippen LogP contribution is 2.40. The first kappa shape index (κ1) is 19.4. The monoisotopic (exact) mass is 413 g/mol. The lowest BCUT2D eigenvalue weighted by molar-refractivity contribution is -0.118. The number of nitrogens with zero attached hydrogens (tertiary/aromatic N) is 5. The summed E-state index contributed by atoms with van der Waals surface area (Å²) in [5.41, 5.74) is 2.12. The third kappa shape index (κ3) is 3.25. The minimum Gasteiger partial charge on any atom is -0.363 e. The van der Waals surface area contributed by atoms with Gasteiger partial charge < -0.3 is 19.6 Å². The summed E-state index contributed by atoms with van der Waals surface area (Å²) < 4.78 is 0. The second kappa shape index (κ2) is 7.14. The van der Waals surface area contributed by atoms with Gasteiger partial charge in [-0.1, -0.05) is 0 Å². The largest absolute Gasteiger partial charge is 0.363 e. The van der Waals surface area contributed by atoms with E-state index in [1.807, 2.05) is 25.1 Å². The highest BCUT2D eigenvalue weighted by molar-refractivity contribution is 7.17. The summed E-state index contributed by atoms with van der Waals surface area (Å²) in [6, 6.07) is 3.61. The molecule has 2 aliphatic rings. The maximum absolute atomic E-state index is 13.0. The van der Waals surface area contributed by atoms with E-state index in [1.165, 1.54) is 16.2 Å². The molecule has 8 nitrogen and oxygen atoms in total. The van der Waals surface area contributed by atoms with E-state index in [9.17, 15) is 14.4 Å². The normalized spacial score (nSPS) is 16.5. The van der Waals surface area contributed by atoms with Gasteiger partial charge in [0.2, 0.25) is 5.91 Å². The van der Waals surface area contributed by atoms with Crippen LogP contribution in [0.25, 0.3) is 0 Å². The van der Waals surface area contributed by atoms with Crippen LogP contribution >= 0.6 is 11.3 Å². The Balaban J connectivity index is 1.62. The fourth-order valence-electron chi connectivity index (χ4n) is 3.66. The molecule has 2 aromatic heterocycles. The van der Waals surface area contributed by atoms with Gasteiger partial charge in [0.15, 0.2) is 0 Å². The lowest BCUT2D eigenvalue weighted by Crippen LogP contribution is -2.37. The van der Waals surface area contributed by atoms with Gasteiger partial charge in [-0.25, -0.2) is 4.98 Å². The number of likely N-dealkylation sites (N-methyl/N-ethyl adjacent to an activating group) is 2. The molecule has 4 rings (SSSR count).